The van der Waals surface area contributed by atoms with Crippen LogP contribution in [0.1, 0.15) is 22.3 Å². The van der Waals surface area contributed by atoms with E-state index in [1.54, 1.807) is 0 Å². The summed E-state index contributed by atoms with van der Waals surface area (Å²) in [5, 5.41) is 2.48. The first-order chi connectivity index (χ1) is 31.8. The Morgan fingerprint density at radius 1 is 0.231 bits per heavy atom. The standard InChI is InChI=1S/C58H42N6S/c1-35-5-13-41(14-6-35)53-59-54(42-15-7-36(2)8-16-42)62-57(61-53)45-25-21-39(22-26-45)47-29-31-51-49(33-47)50-34-48(30-32-52(50)65-51)40-23-27-46(28-24-40)58-63-55(43-17-9-37(3)10-18-43)60-56(64-58)44-19-11-38(4)12-20-44/h5-34H,1-4H3. The molecule has 310 valence electrons. The lowest BCUT2D eigenvalue weighted by Crippen LogP contribution is -2.00. The van der Waals surface area contributed by atoms with E-state index in [-0.39, 0.29) is 0 Å². The fraction of sp³-hybridized carbons (Fsp3) is 0.0690. The van der Waals surface area contributed by atoms with Gasteiger partial charge in [0.05, 0.1) is 0 Å². The summed E-state index contributed by atoms with van der Waals surface area (Å²) in [5.74, 6) is 3.91. The Kier molecular flexibility index (Phi) is 10.2. The molecule has 0 aliphatic rings. The van der Waals surface area contributed by atoms with Gasteiger partial charge >= 0.3 is 0 Å². The highest BCUT2D eigenvalue weighted by Gasteiger charge is 2.16. The molecule has 0 fully saturated rings. The highest BCUT2D eigenvalue weighted by atomic mass is 32.1. The summed E-state index contributed by atoms with van der Waals surface area (Å²) in [6.07, 6.45) is 0. The zero-order chi connectivity index (χ0) is 44.0. The van der Waals surface area contributed by atoms with Gasteiger partial charge in [0.1, 0.15) is 0 Å². The van der Waals surface area contributed by atoms with Gasteiger partial charge in [-0.2, -0.15) is 0 Å². The molecule has 0 unspecified atom stereocenters. The predicted octanol–water partition coefficient (Wildman–Crippen LogP) is 15.0. The summed E-state index contributed by atoms with van der Waals surface area (Å²) in [6, 6.07) is 64.0. The topological polar surface area (TPSA) is 77.3 Å². The Hall–Kier alpha value is -8.00. The fourth-order valence-electron chi connectivity index (χ4n) is 8.10. The van der Waals surface area contributed by atoms with Crippen LogP contribution in [-0.4, -0.2) is 29.9 Å². The van der Waals surface area contributed by atoms with Crippen molar-refractivity contribution in [2.75, 3.05) is 0 Å². The third-order valence-electron chi connectivity index (χ3n) is 11.9. The maximum Gasteiger partial charge on any atom is 0.164 e. The van der Waals surface area contributed by atoms with Crippen LogP contribution < -0.4 is 0 Å². The molecule has 0 atom stereocenters. The van der Waals surface area contributed by atoms with E-state index in [2.05, 4.69) is 210 Å². The van der Waals surface area contributed by atoms with Crippen molar-refractivity contribution in [3.63, 3.8) is 0 Å². The molecule has 11 aromatic rings. The third-order valence-corrected chi connectivity index (χ3v) is 13.1. The Bertz CT molecular complexity index is 3160. The van der Waals surface area contributed by atoms with Gasteiger partial charge in [0.15, 0.2) is 34.9 Å². The minimum Gasteiger partial charge on any atom is -0.208 e. The number of rotatable bonds is 8. The Morgan fingerprint density at radius 3 is 0.677 bits per heavy atom. The van der Waals surface area contributed by atoms with E-state index in [0.29, 0.717) is 34.9 Å². The lowest BCUT2D eigenvalue weighted by atomic mass is 9.99. The van der Waals surface area contributed by atoms with Crippen LogP contribution in [0.25, 0.3) is 111 Å². The number of hydrogen-bond acceptors (Lipinski definition) is 7. The summed E-state index contributed by atoms with van der Waals surface area (Å²) in [5.41, 5.74) is 15.0. The van der Waals surface area contributed by atoms with Crippen LogP contribution in [0.4, 0.5) is 0 Å². The molecule has 0 bridgehead atoms. The van der Waals surface area contributed by atoms with E-state index >= 15 is 0 Å². The molecule has 6 nitrogen and oxygen atoms in total. The number of fused-ring (bicyclic) bond motifs is 3. The lowest BCUT2D eigenvalue weighted by Gasteiger charge is -2.10. The molecule has 3 heterocycles. The summed E-state index contributed by atoms with van der Waals surface area (Å²) >= 11 is 1.82. The highest BCUT2D eigenvalue weighted by molar-refractivity contribution is 7.25. The van der Waals surface area contributed by atoms with Crippen LogP contribution in [-0.2, 0) is 0 Å². The van der Waals surface area contributed by atoms with Gasteiger partial charge in [0, 0.05) is 53.6 Å². The van der Waals surface area contributed by atoms with Crippen molar-refractivity contribution in [2.45, 2.75) is 27.7 Å². The normalized spacial score (nSPS) is 11.4. The van der Waals surface area contributed by atoms with Gasteiger partial charge in [0.2, 0.25) is 0 Å². The molecule has 0 aliphatic carbocycles. The molecule has 0 N–H and O–H groups in total. The second-order valence-corrected chi connectivity index (χ2v) is 17.8. The van der Waals surface area contributed by atoms with E-state index in [1.165, 1.54) is 42.4 Å². The van der Waals surface area contributed by atoms with Crippen molar-refractivity contribution in [1.29, 1.82) is 0 Å². The molecule has 0 saturated heterocycles. The van der Waals surface area contributed by atoms with Gasteiger partial charge in [-0.05, 0) is 74.2 Å². The van der Waals surface area contributed by atoms with Gasteiger partial charge < -0.3 is 0 Å². The van der Waals surface area contributed by atoms with Crippen molar-refractivity contribution in [3.05, 3.63) is 204 Å². The highest BCUT2D eigenvalue weighted by Crippen LogP contribution is 2.39. The second-order valence-electron chi connectivity index (χ2n) is 16.8. The smallest absolute Gasteiger partial charge is 0.164 e. The van der Waals surface area contributed by atoms with Crippen LogP contribution >= 0.6 is 11.3 Å². The number of benzene rings is 8. The number of thiophene rings is 1. The lowest BCUT2D eigenvalue weighted by molar-refractivity contribution is 1.07. The van der Waals surface area contributed by atoms with Crippen LogP contribution in [0.5, 0.6) is 0 Å². The van der Waals surface area contributed by atoms with Crippen molar-refractivity contribution in [1.82, 2.24) is 29.9 Å². The van der Waals surface area contributed by atoms with Crippen molar-refractivity contribution < 1.29 is 0 Å². The monoisotopic (exact) mass is 854 g/mol. The maximum atomic E-state index is 4.98. The molecular weight excluding hydrogens is 813 g/mol. The molecular formula is C58H42N6S. The predicted molar refractivity (Wildman–Crippen MR) is 269 cm³/mol. The van der Waals surface area contributed by atoms with E-state index in [0.717, 1.165) is 55.6 Å². The number of nitrogens with zero attached hydrogens (tertiary/aromatic N) is 6. The minimum atomic E-state index is 0.643. The Morgan fingerprint density at radius 2 is 0.431 bits per heavy atom. The minimum absolute atomic E-state index is 0.643. The number of aromatic nitrogens is 6. The van der Waals surface area contributed by atoms with Crippen molar-refractivity contribution in [2.24, 2.45) is 0 Å². The zero-order valence-electron chi connectivity index (χ0n) is 36.4. The van der Waals surface area contributed by atoms with Crippen molar-refractivity contribution >= 4 is 31.5 Å². The molecule has 0 amide bonds. The molecule has 11 rings (SSSR count). The number of aryl methyl sites for hydroxylation is 4. The fourth-order valence-corrected chi connectivity index (χ4v) is 9.16. The van der Waals surface area contributed by atoms with Gasteiger partial charge in [0.25, 0.3) is 0 Å². The van der Waals surface area contributed by atoms with Crippen LogP contribution in [0.15, 0.2) is 182 Å². The average Bonchev–Trinajstić information content (AvgIpc) is 3.72. The first kappa shape index (κ1) is 39.8. The molecule has 0 spiro atoms. The van der Waals surface area contributed by atoms with Gasteiger partial charge in [-0.25, -0.2) is 29.9 Å². The molecule has 3 aromatic heterocycles. The Balaban J connectivity index is 0.901. The van der Waals surface area contributed by atoms with Gasteiger partial charge in [-0.1, -0.05) is 180 Å². The maximum absolute atomic E-state index is 4.98. The first-order valence-corrected chi connectivity index (χ1v) is 22.6. The van der Waals surface area contributed by atoms with E-state index in [1.807, 2.05) is 11.3 Å². The molecule has 7 heteroatoms. The first-order valence-electron chi connectivity index (χ1n) is 21.7. The quantitative estimate of drug-likeness (QED) is 0.151. The van der Waals surface area contributed by atoms with E-state index < -0.39 is 0 Å². The SMILES string of the molecule is Cc1ccc(-c2nc(-c3ccc(C)cc3)nc(-c3ccc(-c4ccc5sc6ccc(-c7ccc(-c8nc(-c9ccc(C)cc9)nc(-c9ccc(C)cc9)n8)cc7)cc6c5c4)cc3)n2)cc1. The average molecular weight is 855 g/mol. The van der Waals surface area contributed by atoms with Crippen LogP contribution in [0.3, 0.4) is 0 Å². The summed E-state index contributed by atoms with van der Waals surface area (Å²) in [7, 11) is 0. The van der Waals surface area contributed by atoms with Gasteiger partial charge in [-0.15, -0.1) is 11.3 Å². The number of hydrogen-bond donors (Lipinski definition) is 0. The third kappa shape index (κ3) is 8.10. The second kappa shape index (κ2) is 16.6. The summed E-state index contributed by atoms with van der Waals surface area (Å²) in [4.78, 5) is 29.7. The molecule has 0 saturated carbocycles. The van der Waals surface area contributed by atoms with E-state index in [9.17, 15) is 0 Å². The molecule has 65 heavy (non-hydrogen) atoms. The molecule has 8 aromatic carbocycles. The van der Waals surface area contributed by atoms with Crippen LogP contribution in [0, 0.1) is 27.7 Å². The largest absolute Gasteiger partial charge is 0.208 e. The molecule has 0 radical (unpaired) electrons. The zero-order valence-corrected chi connectivity index (χ0v) is 37.2. The van der Waals surface area contributed by atoms with Gasteiger partial charge in [-0.3, -0.25) is 0 Å². The van der Waals surface area contributed by atoms with Crippen LogP contribution in [0.2, 0.25) is 0 Å². The molecule has 0 aliphatic heterocycles. The van der Waals surface area contributed by atoms with E-state index in [4.69, 9.17) is 29.9 Å². The van der Waals surface area contributed by atoms with Crippen molar-refractivity contribution in [3.8, 4) is 90.6 Å². The summed E-state index contributed by atoms with van der Waals surface area (Å²) in [6.45, 7) is 8.34. The summed E-state index contributed by atoms with van der Waals surface area (Å²) < 4.78 is 2.52. The Labute approximate surface area is 382 Å².